The highest BCUT2D eigenvalue weighted by Gasteiger charge is 2.13. The van der Waals surface area contributed by atoms with Crippen LogP contribution in [0.3, 0.4) is 0 Å². The Morgan fingerprint density at radius 3 is 2.55 bits per heavy atom. The zero-order chi connectivity index (χ0) is 16.3. The molecule has 1 N–H and O–H groups in total. The lowest BCUT2D eigenvalue weighted by Crippen LogP contribution is -2.23. The van der Waals surface area contributed by atoms with Crippen molar-refractivity contribution < 1.29 is 9.32 Å². The van der Waals surface area contributed by atoms with E-state index in [1.165, 1.54) is 0 Å². The molecule has 2 aromatic rings. The van der Waals surface area contributed by atoms with Crippen molar-refractivity contribution in [3.8, 4) is 0 Å². The van der Waals surface area contributed by atoms with Crippen LogP contribution in [0.2, 0.25) is 0 Å². The van der Waals surface area contributed by atoms with Crippen LogP contribution >= 0.6 is 11.3 Å². The third-order valence-corrected chi connectivity index (χ3v) is 5.09. The average molecular weight is 321 g/mol. The second-order valence-corrected chi connectivity index (χ2v) is 6.91. The summed E-state index contributed by atoms with van der Waals surface area (Å²) >= 11 is 1.68. The van der Waals surface area contributed by atoms with Crippen LogP contribution in [-0.2, 0) is 17.8 Å². The molecule has 0 radical (unpaired) electrons. The molecule has 120 valence electrons. The Balaban J connectivity index is 1.85. The second-order valence-electron chi connectivity index (χ2n) is 5.79. The minimum Gasteiger partial charge on any atom is -0.361 e. The van der Waals surface area contributed by atoms with E-state index in [1.807, 2.05) is 20.8 Å². The van der Waals surface area contributed by atoms with Crippen molar-refractivity contribution in [2.75, 3.05) is 0 Å². The Morgan fingerprint density at radius 1 is 1.27 bits per heavy atom. The van der Waals surface area contributed by atoms with E-state index in [0.717, 1.165) is 32.6 Å². The zero-order valence-corrected chi connectivity index (χ0v) is 14.6. The van der Waals surface area contributed by atoms with Crippen LogP contribution in [0.5, 0.6) is 0 Å². The number of carbonyl (C=O) groups excluding carboxylic acids is 1. The van der Waals surface area contributed by atoms with E-state index in [1.54, 1.807) is 11.3 Å². The number of amides is 1. The number of carbonyl (C=O) groups is 1. The molecule has 0 fully saturated rings. The van der Waals surface area contributed by atoms with Crippen LogP contribution in [0.25, 0.3) is 0 Å². The van der Waals surface area contributed by atoms with E-state index in [-0.39, 0.29) is 5.91 Å². The second kappa shape index (κ2) is 7.05. The van der Waals surface area contributed by atoms with Gasteiger partial charge in [0.2, 0.25) is 5.91 Å². The summed E-state index contributed by atoms with van der Waals surface area (Å²) < 4.78 is 5.11. The van der Waals surface area contributed by atoms with Gasteiger partial charge in [0, 0.05) is 22.8 Å². The molecule has 2 heterocycles. The maximum Gasteiger partial charge on any atom is 0.220 e. The predicted octanol–water partition coefficient (Wildman–Crippen LogP) is 3.43. The van der Waals surface area contributed by atoms with Gasteiger partial charge in [-0.3, -0.25) is 4.79 Å². The molecule has 5 nitrogen and oxygen atoms in total. The maximum absolute atomic E-state index is 12.0. The fourth-order valence-corrected chi connectivity index (χ4v) is 3.23. The molecule has 22 heavy (non-hydrogen) atoms. The van der Waals surface area contributed by atoms with Gasteiger partial charge in [0.05, 0.1) is 22.9 Å². The molecule has 1 amide bonds. The van der Waals surface area contributed by atoms with Crippen LogP contribution < -0.4 is 5.32 Å². The Bertz CT molecular complexity index is 639. The fraction of sp³-hybridized carbons (Fsp3) is 0.562. The lowest BCUT2D eigenvalue weighted by atomic mass is 10.1. The Labute approximate surface area is 135 Å². The SMILES string of the molecule is Cc1nc(C(C)C)sc1CNC(=O)CCc1c(C)noc1C. The summed E-state index contributed by atoms with van der Waals surface area (Å²) in [6, 6.07) is 0. The lowest BCUT2D eigenvalue weighted by Gasteiger charge is -2.04. The standard InChI is InChI=1S/C16H23N3O2S/c1-9(2)16-18-11(4)14(22-16)8-17-15(20)7-6-13-10(3)19-21-12(13)5/h9H,6-8H2,1-5H3,(H,17,20). The highest BCUT2D eigenvalue weighted by Crippen LogP contribution is 2.24. The number of aryl methyl sites for hydroxylation is 3. The van der Waals surface area contributed by atoms with Gasteiger partial charge < -0.3 is 9.84 Å². The van der Waals surface area contributed by atoms with E-state index >= 15 is 0 Å². The van der Waals surface area contributed by atoms with Crippen molar-refractivity contribution in [2.24, 2.45) is 0 Å². The first-order valence-electron chi connectivity index (χ1n) is 7.53. The molecule has 0 bridgehead atoms. The summed E-state index contributed by atoms with van der Waals surface area (Å²) in [5.74, 6) is 1.26. The largest absolute Gasteiger partial charge is 0.361 e. The van der Waals surface area contributed by atoms with Crippen molar-refractivity contribution in [3.63, 3.8) is 0 Å². The third-order valence-electron chi connectivity index (χ3n) is 3.63. The molecule has 0 atom stereocenters. The van der Waals surface area contributed by atoms with Crippen molar-refractivity contribution >= 4 is 17.2 Å². The molecule has 0 aliphatic heterocycles. The van der Waals surface area contributed by atoms with Crippen molar-refractivity contribution in [1.82, 2.24) is 15.5 Å². The van der Waals surface area contributed by atoms with Gasteiger partial charge in [-0.15, -0.1) is 11.3 Å². The third kappa shape index (κ3) is 3.94. The van der Waals surface area contributed by atoms with Gasteiger partial charge in [0.15, 0.2) is 0 Å². The molecule has 0 saturated carbocycles. The number of nitrogens with zero attached hydrogens (tertiary/aromatic N) is 2. The van der Waals surface area contributed by atoms with Crippen LogP contribution in [0.4, 0.5) is 0 Å². The number of hydrogen-bond donors (Lipinski definition) is 1. The van der Waals surface area contributed by atoms with Crippen LogP contribution in [-0.4, -0.2) is 16.0 Å². The summed E-state index contributed by atoms with van der Waals surface area (Å²) in [5, 5.41) is 8.00. The maximum atomic E-state index is 12.0. The first-order valence-corrected chi connectivity index (χ1v) is 8.34. The molecule has 2 rings (SSSR count). The zero-order valence-electron chi connectivity index (χ0n) is 13.8. The van der Waals surface area contributed by atoms with E-state index in [9.17, 15) is 4.79 Å². The lowest BCUT2D eigenvalue weighted by molar-refractivity contribution is -0.121. The quantitative estimate of drug-likeness (QED) is 0.885. The number of aromatic nitrogens is 2. The monoisotopic (exact) mass is 321 g/mol. The number of rotatable bonds is 6. The molecule has 0 aliphatic carbocycles. The normalized spacial score (nSPS) is 11.2. The number of thiazole rings is 1. The Hall–Kier alpha value is -1.69. The van der Waals surface area contributed by atoms with Gasteiger partial charge >= 0.3 is 0 Å². The summed E-state index contributed by atoms with van der Waals surface area (Å²) in [6.07, 6.45) is 1.10. The molecular formula is C16H23N3O2S. The highest BCUT2D eigenvalue weighted by molar-refractivity contribution is 7.11. The van der Waals surface area contributed by atoms with Crippen LogP contribution in [0.15, 0.2) is 4.52 Å². The smallest absolute Gasteiger partial charge is 0.220 e. The molecule has 0 aliphatic rings. The van der Waals surface area contributed by atoms with E-state index in [2.05, 4.69) is 29.3 Å². The van der Waals surface area contributed by atoms with Gasteiger partial charge in [0.1, 0.15) is 5.76 Å². The van der Waals surface area contributed by atoms with E-state index in [4.69, 9.17) is 4.52 Å². The van der Waals surface area contributed by atoms with E-state index < -0.39 is 0 Å². The Kier molecular flexibility index (Phi) is 5.34. The molecular weight excluding hydrogens is 298 g/mol. The first kappa shape index (κ1) is 16.7. The minimum absolute atomic E-state index is 0.0406. The Morgan fingerprint density at radius 2 is 2.00 bits per heavy atom. The topological polar surface area (TPSA) is 68.0 Å². The van der Waals surface area contributed by atoms with Crippen LogP contribution in [0, 0.1) is 20.8 Å². The highest BCUT2D eigenvalue weighted by atomic mass is 32.1. The summed E-state index contributed by atoms with van der Waals surface area (Å²) in [7, 11) is 0. The molecule has 6 heteroatoms. The molecule has 0 aromatic carbocycles. The van der Waals surface area contributed by atoms with E-state index in [0.29, 0.717) is 25.3 Å². The van der Waals surface area contributed by atoms with Gasteiger partial charge in [-0.1, -0.05) is 19.0 Å². The first-order chi connectivity index (χ1) is 10.4. The minimum atomic E-state index is 0.0406. The molecule has 2 aromatic heterocycles. The van der Waals surface area contributed by atoms with Crippen LogP contribution in [0.1, 0.15) is 58.8 Å². The molecule has 0 spiro atoms. The summed E-state index contributed by atoms with van der Waals surface area (Å²) in [5.41, 5.74) is 2.91. The van der Waals surface area contributed by atoms with Gasteiger partial charge in [-0.05, 0) is 27.2 Å². The fourth-order valence-electron chi connectivity index (χ4n) is 2.23. The van der Waals surface area contributed by atoms with Gasteiger partial charge in [-0.25, -0.2) is 4.98 Å². The van der Waals surface area contributed by atoms with Crippen molar-refractivity contribution in [2.45, 2.75) is 59.9 Å². The average Bonchev–Trinajstić information content (AvgIpc) is 2.98. The van der Waals surface area contributed by atoms with Crippen molar-refractivity contribution in [1.29, 1.82) is 0 Å². The van der Waals surface area contributed by atoms with Gasteiger partial charge in [0.25, 0.3) is 0 Å². The number of hydrogen-bond acceptors (Lipinski definition) is 5. The predicted molar refractivity (Wildman–Crippen MR) is 87.1 cm³/mol. The number of nitrogens with one attached hydrogen (secondary N) is 1. The molecule has 0 unspecified atom stereocenters. The van der Waals surface area contributed by atoms with Gasteiger partial charge in [-0.2, -0.15) is 0 Å². The summed E-state index contributed by atoms with van der Waals surface area (Å²) in [6.45, 7) is 10.6. The van der Waals surface area contributed by atoms with Crippen molar-refractivity contribution in [3.05, 3.63) is 32.6 Å². The molecule has 0 saturated heterocycles. The summed E-state index contributed by atoms with van der Waals surface area (Å²) in [4.78, 5) is 17.7.